The van der Waals surface area contributed by atoms with Crippen LogP contribution in [0.2, 0.25) is 0 Å². The molecular formula is C22H27ClN2O. The van der Waals surface area contributed by atoms with Crippen LogP contribution in [0.4, 0.5) is 0 Å². The molecule has 4 heteroatoms. The maximum absolute atomic E-state index is 13.2. The lowest BCUT2D eigenvalue weighted by molar-refractivity contribution is -0.124. The molecule has 4 rings (SSSR count). The van der Waals surface area contributed by atoms with Crippen LogP contribution in [-0.2, 0) is 10.2 Å². The molecule has 2 aromatic carbocycles. The van der Waals surface area contributed by atoms with Crippen molar-refractivity contribution in [3.63, 3.8) is 0 Å². The van der Waals surface area contributed by atoms with E-state index in [1.54, 1.807) is 0 Å². The Morgan fingerprint density at radius 1 is 0.962 bits per heavy atom. The third-order valence-corrected chi connectivity index (χ3v) is 5.66. The molecule has 1 aliphatic heterocycles. The standard InChI is InChI=1S/C22H26N2O.ClH/c25-21(22(13-14-22)19-11-5-2-6-12-19)23-20(17-24-15-7-8-16-24)18-9-3-1-4-10-18;/h1-6,9-12,20H,7-8,13-17H2,(H,23,25);1H. The fraction of sp³-hybridized carbons (Fsp3) is 0.409. The largest absolute Gasteiger partial charge is 0.347 e. The highest BCUT2D eigenvalue weighted by Gasteiger charge is 2.51. The molecule has 1 aliphatic carbocycles. The van der Waals surface area contributed by atoms with Crippen molar-refractivity contribution in [3.8, 4) is 0 Å². The summed E-state index contributed by atoms with van der Waals surface area (Å²) in [6.45, 7) is 3.19. The first-order valence-corrected chi connectivity index (χ1v) is 9.42. The molecule has 1 saturated carbocycles. The topological polar surface area (TPSA) is 32.3 Å². The Hall–Kier alpha value is -1.84. The van der Waals surface area contributed by atoms with Gasteiger partial charge in [-0.2, -0.15) is 0 Å². The van der Waals surface area contributed by atoms with Gasteiger partial charge in [0.15, 0.2) is 0 Å². The number of hydrogen-bond donors (Lipinski definition) is 1. The Kier molecular flexibility index (Phi) is 6.00. The highest BCUT2D eigenvalue weighted by molar-refractivity contribution is 5.91. The number of nitrogens with one attached hydrogen (secondary N) is 1. The molecule has 2 aliphatic rings. The van der Waals surface area contributed by atoms with E-state index in [0.717, 1.165) is 38.0 Å². The fourth-order valence-electron chi connectivity index (χ4n) is 3.97. The maximum Gasteiger partial charge on any atom is 0.231 e. The lowest BCUT2D eigenvalue weighted by atomic mass is 9.94. The second-order valence-corrected chi connectivity index (χ2v) is 7.39. The second kappa shape index (κ2) is 8.24. The average Bonchev–Trinajstić information content (AvgIpc) is 3.33. The van der Waals surface area contributed by atoms with Gasteiger partial charge in [-0.25, -0.2) is 0 Å². The van der Waals surface area contributed by atoms with Gasteiger partial charge >= 0.3 is 0 Å². The molecule has 1 atom stereocenters. The number of halogens is 1. The molecule has 0 spiro atoms. The molecule has 26 heavy (non-hydrogen) atoms. The van der Waals surface area contributed by atoms with E-state index in [2.05, 4.69) is 46.6 Å². The molecule has 0 bridgehead atoms. The lowest BCUT2D eigenvalue weighted by Gasteiger charge is -2.27. The summed E-state index contributed by atoms with van der Waals surface area (Å²) in [6.07, 6.45) is 4.44. The molecule has 1 N–H and O–H groups in total. The quantitative estimate of drug-likeness (QED) is 0.830. The summed E-state index contributed by atoms with van der Waals surface area (Å²) in [5.74, 6) is 0.187. The van der Waals surface area contributed by atoms with Gasteiger partial charge in [0.1, 0.15) is 0 Å². The van der Waals surface area contributed by atoms with E-state index in [4.69, 9.17) is 0 Å². The summed E-state index contributed by atoms with van der Waals surface area (Å²) in [6, 6.07) is 20.7. The van der Waals surface area contributed by atoms with Crippen molar-refractivity contribution in [1.29, 1.82) is 0 Å². The van der Waals surface area contributed by atoms with Crippen molar-refractivity contribution in [2.75, 3.05) is 19.6 Å². The number of hydrogen-bond acceptors (Lipinski definition) is 2. The van der Waals surface area contributed by atoms with Crippen molar-refractivity contribution >= 4 is 18.3 Å². The van der Waals surface area contributed by atoms with Crippen LogP contribution in [-0.4, -0.2) is 30.4 Å². The Bertz CT molecular complexity index is 709. The van der Waals surface area contributed by atoms with Crippen molar-refractivity contribution in [2.45, 2.75) is 37.1 Å². The van der Waals surface area contributed by atoms with E-state index < -0.39 is 0 Å². The summed E-state index contributed by atoms with van der Waals surface area (Å²) >= 11 is 0. The zero-order valence-corrected chi connectivity index (χ0v) is 15.9. The first kappa shape index (κ1) is 18.9. The third-order valence-electron chi connectivity index (χ3n) is 5.66. The molecule has 1 amide bonds. The smallest absolute Gasteiger partial charge is 0.231 e. The summed E-state index contributed by atoms with van der Waals surface area (Å²) in [4.78, 5) is 15.6. The number of amides is 1. The van der Waals surface area contributed by atoms with E-state index in [1.165, 1.54) is 18.4 Å². The predicted octanol–water partition coefficient (Wildman–Crippen LogP) is 4.09. The van der Waals surface area contributed by atoms with E-state index in [-0.39, 0.29) is 29.8 Å². The minimum atomic E-state index is -0.306. The van der Waals surface area contributed by atoms with Gasteiger partial charge in [-0.3, -0.25) is 4.79 Å². The van der Waals surface area contributed by atoms with Gasteiger partial charge in [-0.05, 0) is 49.9 Å². The van der Waals surface area contributed by atoms with Gasteiger partial charge < -0.3 is 10.2 Å². The Morgan fingerprint density at radius 3 is 2.12 bits per heavy atom. The SMILES string of the molecule is Cl.O=C(NC(CN1CCCC1)c1ccccc1)C1(c2ccccc2)CC1. The van der Waals surface area contributed by atoms with Crippen molar-refractivity contribution in [3.05, 3.63) is 71.8 Å². The summed E-state index contributed by atoms with van der Waals surface area (Å²) in [5.41, 5.74) is 2.05. The van der Waals surface area contributed by atoms with Crippen molar-refractivity contribution in [1.82, 2.24) is 10.2 Å². The molecule has 2 aromatic rings. The zero-order chi connectivity index (χ0) is 17.1. The molecule has 3 nitrogen and oxygen atoms in total. The average molecular weight is 371 g/mol. The van der Waals surface area contributed by atoms with Gasteiger partial charge in [0, 0.05) is 6.54 Å². The molecule has 2 fully saturated rings. The molecule has 0 aromatic heterocycles. The van der Waals surface area contributed by atoms with E-state index in [9.17, 15) is 4.79 Å². The Balaban J connectivity index is 0.00000196. The van der Waals surface area contributed by atoms with Gasteiger partial charge in [0.05, 0.1) is 11.5 Å². The maximum atomic E-state index is 13.2. The number of carbonyl (C=O) groups is 1. The summed E-state index contributed by atoms with van der Waals surface area (Å²) in [5, 5.41) is 3.38. The minimum absolute atomic E-state index is 0. The van der Waals surface area contributed by atoms with Crippen molar-refractivity contribution < 1.29 is 4.79 Å². The highest BCUT2D eigenvalue weighted by atomic mass is 35.5. The van der Waals surface area contributed by atoms with Gasteiger partial charge in [-0.1, -0.05) is 60.7 Å². The molecular weight excluding hydrogens is 344 g/mol. The second-order valence-electron chi connectivity index (χ2n) is 7.39. The van der Waals surface area contributed by atoms with Crippen LogP contribution < -0.4 is 5.32 Å². The summed E-state index contributed by atoms with van der Waals surface area (Å²) < 4.78 is 0. The van der Waals surface area contributed by atoms with Gasteiger partial charge in [0.2, 0.25) is 5.91 Å². The first-order chi connectivity index (χ1) is 12.3. The normalized spacial score (nSPS) is 19.4. The molecule has 1 heterocycles. The van der Waals surface area contributed by atoms with Crippen LogP contribution in [0.5, 0.6) is 0 Å². The van der Waals surface area contributed by atoms with Crippen LogP contribution in [0, 0.1) is 0 Å². The Morgan fingerprint density at radius 2 is 1.54 bits per heavy atom. The molecule has 138 valence electrons. The van der Waals surface area contributed by atoms with Crippen LogP contribution in [0.3, 0.4) is 0 Å². The monoisotopic (exact) mass is 370 g/mol. The number of benzene rings is 2. The fourth-order valence-corrected chi connectivity index (χ4v) is 3.97. The Labute approximate surface area is 162 Å². The minimum Gasteiger partial charge on any atom is -0.347 e. The number of rotatable bonds is 6. The predicted molar refractivity (Wildman–Crippen MR) is 108 cm³/mol. The third kappa shape index (κ3) is 3.94. The van der Waals surface area contributed by atoms with E-state index in [0.29, 0.717) is 0 Å². The van der Waals surface area contributed by atoms with Crippen LogP contribution in [0.1, 0.15) is 42.9 Å². The number of likely N-dealkylation sites (tertiary alicyclic amines) is 1. The zero-order valence-electron chi connectivity index (χ0n) is 15.1. The lowest BCUT2D eigenvalue weighted by Crippen LogP contribution is -2.41. The van der Waals surface area contributed by atoms with E-state index >= 15 is 0 Å². The molecule has 1 saturated heterocycles. The highest BCUT2D eigenvalue weighted by Crippen LogP contribution is 2.48. The van der Waals surface area contributed by atoms with Crippen molar-refractivity contribution in [2.24, 2.45) is 0 Å². The number of nitrogens with zero attached hydrogens (tertiary/aromatic N) is 1. The molecule has 1 unspecified atom stereocenters. The molecule has 0 radical (unpaired) electrons. The van der Waals surface area contributed by atoms with Gasteiger partial charge in [0.25, 0.3) is 0 Å². The van der Waals surface area contributed by atoms with E-state index in [1.807, 2.05) is 24.3 Å². The summed E-state index contributed by atoms with van der Waals surface area (Å²) in [7, 11) is 0. The van der Waals surface area contributed by atoms with Crippen LogP contribution in [0.25, 0.3) is 0 Å². The van der Waals surface area contributed by atoms with Crippen LogP contribution in [0.15, 0.2) is 60.7 Å². The van der Waals surface area contributed by atoms with Gasteiger partial charge in [-0.15, -0.1) is 12.4 Å². The first-order valence-electron chi connectivity index (χ1n) is 9.42. The van der Waals surface area contributed by atoms with Crippen LogP contribution >= 0.6 is 12.4 Å². The number of carbonyl (C=O) groups excluding carboxylic acids is 1.